The van der Waals surface area contributed by atoms with E-state index in [-0.39, 0.29) is 17.9 Å². The van der Waals surface area contributed by atoms with Crippen molar-refractivity contribution in [3.63, 3.8) is 0 Å². The number of amides is 1. The van der Waals surface area contributed by atoms with Gasteiger partial charge in [-0.2, -0.15) is 0 Å². The van der Waals surface area contributed by atoms with Gasteiger partial charge in [0.1, 0.15) is 5.69 Å². The molecular weight excluding hydrogens is 372 g/mol. The number of fused-ring (bicyclic) bond motifs is 2. The molecule has 1 aliphatic rings. The lowest BCUT2D eigenvalue weighted by molar-refractivity contribution is 0.0731. The second kappa shape index (κ2) is 7.56. The molecule has 0 spiro atoms. The molecule has 3 heterocycles. The van der Waals surface area contributed by atoms with Gasteiger partial charge in [0, 0.05) is 40.7 Å². The molecule has 1 aromatic carbocycles. The van der Waals surface area contributed by atoms with Crippen LogP contribution >= 0.6 is 11.3 Å². The molecule has 3 N–H and O–H groups in total. The first-order chi connectivity index (χ1) is 13.5. The third kappa shape index (κ3) is 3.64. The lowest BCUT2D eigenvalue weighted by atomic mass is 9.89. The lowest BCUT2D eigenvalue weighted by Gasteiger charge is -2.25. The van der Waals surface area contributed by atoms with Gasteiger partial charge < -0.3 is 20.3 Å². The average molecular weight is 399 g/mol. The molecule has 148 valence electrons. The zero-order valence-electron chi connectivity index (χ0n) is 16.3. The van der Waals surface area contributed by atoms with E-state index in [9.17, 15) is 9.90 Å². The first-order valence-corrected chi connectivity index (χ1v) is 10.5. The Morgan fingerprint density at radius 2 is 2.25 bits per heavy atom. The van der Waals surface area contributed by atoms with Gasteiger partial charge in [-0.1, -0.05) is 43.4 Å². The first kappa shape index (κ1) is 19.0. The number of thiazole rings is 1. The van der Waals surface area contributed by atoms with Crippen molar-refractivity contribution >= 4 is 33.3 Å². The van der Waals surface area contributed by atoms with E-state index in [2.05, 4.69) is 24.1 Å². The van der Waals surface area contributed by atoms with E-state index in [1.54, 1.807) is 11.3 Å². The fourth-order valence-electron chi connectivity index (χ4n) is 3.39. The average Bonchev–Trinajstić information content (AvgIpc) is 3.34. The van der Waals surface area contributed by atoms with Crippen LogP contribution in [0.1, 0.15) is 41.3 Å². The number of anilines is 1. The quantitative estimate of drug-likeness (QED) is 0.592. The first-order valence-electron chi connectivity index (χ1n) is 9.72. The van der Waals surface area contributed by atoms with Crippen LogP contribution in [0.4, 0.5) is 5.13 Å². The van der Waals surface area contributed by atoms with Crippen LogP contribution in [-0.2, 0) is 13.0 Å². The Kier molecular flexibility index (Phi) is 5.12. The third-order valence-corrected chi connectivity index (χ3v) is 6.72. The Morgan fingerprint density at radius 3 is 3.00 bits per heavy atom. The van der Waals surface area contributed by atoms with Gasteiger partial charge in [-0.15, -0.1) is 0 Å². The van der Waals surface area contributed by atoms with Crippen molar-refractivity contribution < 1.29 is 9.90 Å². The zero-order chi connectivity index (χ0) is 19.7. The Morgan fingerprint density at radius 1 is 1.43 bits per heavy atom. The normalized spacial score (nSPS) is 16.0. The van der Waals surface area contributed by atoms with Gasteiger partial charge in [0.05, 0.1) is 18.8 Å². The van der Waals surface area contributed by atoms with Crippen LogP contribution in [0.5, 0.6) is 0 Å². The Labute approximate surface area is 168 Å². The number of hydrogen-bond donors (Lipinski definition) is 3. The Balaban J connectivity index is 1.46. The molecular formula is C21H26N4O2S. The maximum absolute atomic E-state index is 13.0. The number of H-pyrrole nitrogens is 1. The van der Waals surface area contributed by atoms with E-state index in [0.29, 0.717) is 25.3 Å². The number of hydrogen-bond acceptors (Lipinski definition) is 5. The molecule has 1 atom stereocenters. The summed E-state index contributed by atoms with van der Waals surface area (Å²) in [7, 11) is 0. The number of aliphatic hydroxyl groups excluding tert-OH is 1. The van der Waals surface area contributed by atoms with Crippen molar-refractivity contribution in [1.82, 2.24) is 14.9 Å². The molecule has 0 radical (unpaired) electrons. The predicted octanol–water partition coefficient (Wildman–Crippen LogP) is 3.64. The Bertz CT molecular complexity index is 956. The van der Waals surface area contributed by atoms with E-state index in [1.807, 2.05) is 35.2 Å². The lowest BCUT2D eigenvalue weighted by Crippen LogP contribution is -2.35. The van der Waals surface area contributed by atoms with Crippen LogP contribution in [-0.4, -0.2) is 45.6 Å². The number of aliphatic hydroxyl groups is 1. The second-order valence-electron chi connectivity index (χ2n) is 7.81. The van der Waals surface area contributed by atoms with Crippen molar-refractivity contribution in [3.8, 4) is 0 Å². The fourth-order valence-corrected chi connectivity index (χ4v) is 4.40. The molecule has 0 fully saturated rings. The highest BCUT2D eigenvalue weighted by molar-refractivity contribution is 7.15. The highest BCUT2D eigenvalue weighted by Gasteiger charge is 2.27. The van der Waals surface area contributed by atoms with Crippen molar-refractivity contribution in [2.24, 2.45) is 5.41 Å². The molecule has 1 aliphatic heterocycles. The number of carbonyl (C=O) groups excluding carboxylic acids is 1. The summed E-state index contributed by atoms with van der Waals surface area (Å²) in [4.78, 5) is 23.9. The molecule has 7 heteroatoms. The van der Waals surface area contributed by atoms with Gasteiger partial charge in [0.25, 0.3) is 5.91 Å². The third-order valence-electron chi connectivity index (χ3n) is 5.68. The SMILES string of the molecule is CCC(C)(CO)CNc1nc2c(s1)CN(C(=O)c1cc3ccccc3[nH]1)CC2. The number of aromatic nitrogens is 2. The minimum absolute atomic E-state index is 0.0311. The number of carbonyl (C=O) groups is 1. The van der Waals surface area contributed by atoms with Crippen LogP contribution in [0.3, 0.4) is 0 Å². The zero-order valence-corrected chi connectivity index (χ0v) is 17.1. The van der Waals surface area contributed by atoms with E-state index in [4.69, 9.17) is 4.98 Å². The van der Waals surface area contributed by atoms with Gasteiger partial charge in [0.15, 0.2) is 5.13 Å². The van der Waals surface area contributed by atoms with E-state index >= 15 is 0 Å². The standard InChI is InChI=1S/C21H26N4O2S/c1-3-21(2,13-26)12-22-20-24-16-8-9-25(11-18(16)28-20)19(27)17-10-14-6-4-5-7-15(14)23-17/h4-7,10,23,26H,3,8-9,11-13H2,1-2H3,(H,22,24). The van der Waals surface area contributed by atoms with Gasteiger partial charge in [-0.3, -0.25) is 4.79 Å². The van der Waals surface area contributed by atoms with E-state index < -0.39 is 0 Å². The maximum Gasteiger partial charge on any atom is 0.270 e. The molecule has 28 heavy (non-hydrogen) atoms. The van der Waals surface area contributed by atoms with Gasteiger partial charge >= 0.3 is 0 Å². The molecule has 0 saturated heterocycles. The number of benzene rings is 1. The number of nitrogens with one attached hydrogen (secondary N) is 2. The molecule has 2 aromatic heterocycles. The highest BCUT2D eigenvalue weighted by Crippen LogP contribution is 2.30. The van der Waals surface area contributed by atoms with Gasteiger partial charge in [-0.25, -0.2) is 4.98 Å². The summed E-state index contributed by atoms with van der Waals surface area (Å²) in [6.45, 7) is 6.24. The maximum atomic E-state index is 13.0. The van der Waals surface area contributed by atoms with Crippen molar-refractivity contribution in [3.05, 3.63) is 46.6 Å². The fraction of sp³-hybridized carbons (Fsp3) is 0.429. The summed E-state index contributed by atoms with van der Waals surface area (Å²) < 4.78 is 0. The van der Waals surface area contributed by atoms with E-state index in [1.165, 1.54) is 0 Å². The molecule has 3 aromatic rings. The number of para-hydroxylation sites is 1. The van der Waals surface area contributed by atoms with Gasteiger partial charge in [0.2, 0.25) is 0 Å². The molecule has 1 amide bonds. The predicted molar refractivity (Wildman–Crippen MR) is 113 cm³/mol. The summed E-state index contributed by atoms with van der Waals surface area (Å²) in [5.41, 5.74) is 2.55. The van der Waals surface area contributed by atoms with Crippen LogP contribution < -0.4 is 5.32 Å². The van der Waals surface area contributed by atoms with Crippen LogP contribution in [0.25, 0.3) is 10.9 Å². The van der Waals surface area contributed by atoms with Crippen LogP contribution in [0.15, 0.2) is 30.3 Å². The van der Waals surface area contributed by atoms with Crippen LogP contribution in [0, 0.1) is 5.41 Å². The minimum Gasteiger partial charge on any atom is -0.396 e. The topological polar surface area (TPSA) is 81.2 Å². The molecule has 1 unspecified atom stereocenters. The van der Waals surface area contributed by atoms with Crippen LogP contribution in [0.2, 0.25) is 0 Å². The summed E-state index contributed by atoms with van der Waals surface area (Å²) in [5.74, 6) is 0.0311. The van der Waals surface area contributed by atoms with Gasteiger partial charge in [-0.05, 0) is 18.6 Å². The van der Waals surface area contributed by atoms with Crippen molar-refractivity contribution in [1.29, 1.82) is 0 Å². The highest BCUT2D eigenvalue weighted by atomic mass is 32.1. The summed E-state index contributed by atoms with van der Waals surface area (Å²) in [6, 6.07) is 9.86. The second-order valence-corrected chi connectivity index (χ2v) is 8.90. The minimum atomic E-state index is -0.149. The Hall–Kier alpha value is -2.38. The summed E-state index contributed by atoms with van der Waals surface area (Å²) >= 11 is 1.61. The molecule has 6 nitrogen and oxygen atoms in total. The molecule has 0 saturated carbocycles. The van der Waals surface area contributed by atoms with Crippen molar-refractivity contribution in [2.45, 2.75) is 33.2 Å². The largest absolute Gasteiger partial charge is 0.396 e. The molecule has 4 rings (SSSR count). The molecule has 0 aliphatic carbocycles. The monoisotopic (exact) mass is 398 g/mol. The van der Waals surface area contributed by atoms with E-state index in [0.717, 1.165) is 39.4 Å². The number of aromatic amines is 1. The molecule has 0 bridgehead atoms. The number of nitrogens with zero attached hydrogens (tertiary/aromatic N) is 2. The summed E-state index contributed by atoms with van der Waals surface area (Å²) in [5, 5.41) is 14.9. The smallest absolute Gasteiger partial charge is 0.270 e. The summed E-state index contributed by atoms with van der Waals surface area (Å²) in [6.07, 6.45) is 1.67. The van der Waals surface area contributed by atoms with Crippen molar-refractivity contribution in [2.75, 3.05) is 25.0 Å². The number of rotatable bonds is 6.